The van der Waals surface area contributed by atoms with Gasteiger partial charge in [-0.15, -0.1) is 0 Å². The molecule has 2 aliphatic rings. The Balaban J connectivity index is 1.63. The van der Waals surface area contributed by atoms with Gasteiger partial charge in [-0.2, -0.15) is 13.2 Å². The second kappa shape index (κ2) is 8.74. The molecule has 0 aromatic heterocycles. The van der Waals surface area contributed by atoms with Crippen LogP contribution in [0.1, 0.15) is 57.9 Å². The lowest BCUT2D eigenvalue weighted by molar-refractivity contribution is -0.179. The Labute approximate surface area is 180 Å². The second-order valence-electron chi connectivity index (χ2n) is 9.49. The molecular formula is C22H31F4N3O2. The van der Waals surface area contributed by atoms with E-state index in [1.54, 1.807) is 15.9 Å². The van der Waals surface area contributed by atoms with E-state index < -0.39 is 23.5 Å². The number of ether oxygens (including phenoxy) is 1. The fraction of sp³-hybridized carbons (Fsp3) is 0.682. The van der Waals surface area contributed by atoms with E-state index >= 15 is 0 Å². The summed E-state index contributed by atoms with van der Waals surface area (Å²) < 4.78 is 59.0. The van der Waals surface area contributed by atoms with E-state index in [9.17, 15) is 22.4 Å². The first kappa shape index (κ1) is 23.5. The van der Waals surface area contributed by atoms with Crippen molar-refractivity contribution in [1.29, 1.82) is 0 Å². The predicted molar refractivity (Wildman–Crippen MR) is 112 cm³/mol. The number of benzene rings is 1. The molecule has 5 nitrogen and oxygen atoms in total. The molecule has 0 unspecified atom stereocenters. The van der Waals surface area contributed by atoms with Crippen molar-refractivity contribution in [2.75, 3.05) is 36.8 Å². The van der Waals surface area contributed by atoms with Crippen molar-refractivity contribution in [3.63, 3.8) is 0 Å². The van der Waals surface area contributed by atoms with Gasteiger partial charge in [-0.05, 0) is 70.1 Å². The number of nitrogens with two attached hydrogens (primary N) is 1. The molecule has 0 atom stereocenters. The molecule has 0 spiro atoms. The first-order chi connectivity index (χ1) is 14.3. The molecule has 1 amide bonds. The number of alkyl halides is 3. The summed E-state index contributed by atoms with van der Waals surface area (Å²) >= 11 is 0. The highest BCUT2D eigenvalue weighted by atomic mass is 19.4. The fourth-order valence-corrected chi connectivity index (χ4v) is 4.36. The minimum absolute atomic E-state index is 0.0560. The zero-order chi connectivity index (χ0) is 23.0. The van der Waals surface area contributed by atoms with Crippen LogP contribution in [0.25, 0.3) is 0 Å². The van der Waals surface area contributed by atoms with Gasteiger partial charge < -0.3 is 20.3 Å². The predicted octanol–water partition coefficient (Wildman–Crippen LogP) is 5.30. The zero-order valence-corrected chi connectivity index (χ0v) is 18.3. The topological polar surface area (TPSA) is 58.8 Å². The summed E-state index contributed by atoms with van der Waals surface area (Å²) in [4.78, 5) is 15.5. The van der Waals surface area contributed by atoms with Crippen LogP contribution in [0.3, 0.4) is 0 Å². The molecule has 174 valence electrons. The van der Waals surface area contributed by atoms with Gasteiger partial charge >= 0.3 is 12.3 Å². The quantitative estimate of drug-likeness (QED) is 0.496. The van der Waals surface area contributed by atoms with E-state index in [1.807, 2.05) is 20.8 Å². The Hall–Kier alpha value is -2.19. The highest BCUT2D eigenvalue weighted by Crippen LogP contribution is 2.39. The van der Waals surface area contributed by atoms with E-state index in [0.29, 0.717) is 25.9 Å². The number of anilines is 2. The van der Waals surface area contributed by atoms with Crippen LogP contribution < -0.4 is 10.6 Å². The van der Waals surface area contributed by atoms with E-state index in [1.165, 1.54) is 6.07 Å². The van der Waals surface area contributed by atoms with Crippen LogP contribution in [-0.4, -0.2) is 48.9 Å². The van der Waals surface area contributed by atoms with Gasteiger partial charge in [0.2, 0.25) is 0 Å². The normalized spacial score (nSPS) is 19.6. The number of carbonyl (C=O) groups excluding carboxylic acids is 1. The number of nitrogens with zero attached hydrogens (tertiary/aromatic N) is 2. The minimum atomic E-state index is -4.21. The van der Waals surface area contributed by atoms with Crippen molar-refractivity contribution < 1.29 is 27.1 Å². The maximum atomic E-state index is 14.9. The Morgan fingerprint density at radius 1 is 1.03 bits per heavy atom. The van der Waals surface area contributed by atoms with Gasteiger partial charge in [0.05, 0.1) is 17.3 Å². The Kier molecular flexibility index (Phi) is 6.62. The summed E-state index contributed by atoms with van der Waals surface area (Å²) in [5.74, 6) is -1.79. The molecular weight excluding hydrogens is 414 g/mol. The number of carbonyl (C=O) groups is 1. The van der Waals surface area contributed by atoms with Crippen molar-refractivity contribution >= 4 is 17.5 Å². The van der Waals surface area contributed by atoms with Crippen molar-refractivity contribution in [2.24, 2.45) is 5.92 Å². The molecule has 1 aromatic rings. The van der Waals surface area contributed by atoms with Crippen LogP contribution in [0.2, 0.25) is 0 Å². The number of amides is 1. The van der Waals surface area contributed by atoms with Crippen molar-refractivity contribution in [3.05, 3.63) is 23.5 Å². The molecule has 9 heteroatoms. The van der Waals surface area contributed by atoms with Crippen LogP contribution in [-0.2, 0) is 4.74 Å². The van der Waals surface area contributed by atoms with E-state index in [2.05, 4.69) is 0 Å². The van der Waals surface area contributed by atoms with Crippen LogP contribution in [0.5, 0.6) is 0 Å². The summed E-state index contributed by atoms with van der Waals surface area (Å²) in [6.07, 6.45) is -3.37. The average molecular weight is 446 g/mol. The minimum Gasteiger partial charge on any atom is -0.444 e. The Morgan fingerprint density at radius 3 is 2.10 bits per heavy atom. The Bertz CT molecular complexity index is 768. The maximum absolute atomic E-state index is 14.9. The number of nitrogen functional groups attached to an aromatic ring is 1. The molecule has 2 saturated heterocycles. The van der Waals surface area contributed by atoms with Gasteiger partial charge in [-0.1, -0.05) is 0 Å². The Morgan fingerprint density at radius 2 is 1.61 bits per heavy atom. The van der Waals surface area contributed by atoms with Crippen LogP contribution in [0.15, 0.2) is 12.1 Å². The lowest BCUT2D eigenvalue weighted by atomic mass is 9.88. The van der Waals surface area contributed by atoms with Crippen molar-refractivity contribution in [1.82, 2.24) is 4.90 Å². The fourth-order valence-electron chi connectivity index (χ4n) is 4.36. The molecule has 0 aliphatic carbocycles. The zero-order valence-electron chi connectivity index (χ0n) is 18.3. The SMILES string of the molecule is CC(C)(C)OC(=O)N1CCC(c2cc(N)c(N3CCC(C(F)(F)F)CC3)c(F)c2)CC1. The molecule has 2 heterocycles. The third-order valence-electron chi connectivity index (χ3n) is 6.01. The van der Waals surface area contributed by atoms with E-state index in [4.69, 9.17) is 10.5 Å². The van der Waals surface area contributed by atoms with Gasteiger partial charge in [-0.3, -0.25) is 0 Å². The molecule has 3 rings (SSSR count). The second-order valence-corrected chi connectivity index (χ2v) is 9.49. The highest BCUT2D eigenvalue weighted by Gasteiger charge is 2.41. The number of rotatable bonds is 2. The van der Waals surface area contributed by atoms with Gasteiger partial charge in [0.15, 0.2) is 0 Å². The van der Waals surface area contributed by atoms with E-state index in [-0.39, 0.29) is 49.3 Å². The number of halogens is 4. The van der Waals surface area contributed by atoms with Gasteiger partial charge in [0.25, 0.3) is 0 Å². The van der Waals surface area contributed by atoms with Crippen LogP contribution in [0, 0.1) is 11.7 Å². The van der Waals surface area contributed by atoms with Gasteiger partial charge in [0.1, 0.15) is 11.4 Å². The number of likely N-dealkylation sites (tertiary alicyclic amines) is 1. The van der Waals surface area contributed by atoms with Crippen molar-refractivity contribution in [3.8, 4) is 0 Å². The maximum Gasteiger partial charge on any atom is 0.410 e. The molecule has 2 fully saturated rings. The molecule has 2 N–H and O–H groups in total. The number of hydrogen-bond acceptors (Lipinski definition) is 4. The third-order valence-corrected chi connectivity index (χ3v) is 6.01. The average Bonchev–Trinajstić information content (AvgIpc) is 2.66. The van der Waals surface area contributed by atoms with Crippen LogP contribution in [0.4, 0.5) is 33.7 Å². The summed E-state index contributed by atoms with van der Waals surface area (Å²) in [5.41, 5.74) is 6.77. The molecule has 31 heavy (non-hydrogen) atoms. The first-order valence-corrected chi connectivity index (χ1v) is 10.7. The lowest BCUT2D eigenvalue weighted by Crippen LogP contribution is -2.41. The summed E-state index contributed by atoms with van der Waals surface area (Å²) in [6, 6.07) is 3.16. The standard InChI is InChI=1S/C22H31F4N3O2/c1-21(2,3)31-20(30)29-8-4-14(5-9-29)15-12-17(23)19(18(27)13-15)28-10-6-16(7-11-28)22(24,25)26/h12-14,16H,4-11,27H2,1-3H3. The third kappa shape index (κ3) is 5.74. The molecule has 1 aromatic carbocycles. The molecule has 0 radical (unpaired) electrons. The lowest BCUT2D eigenvalue weighted by Gasteiger charge is -2.36. The summed E-state index contributed by atoms with van der Waals surface area (Å²) in [7, 11) is 0. The van der Waals surface area contributed by atoms with E-state index in [0.717, 1.165) is 5.56 Å². The summed E-state index contributed by atoms with van der Waals surface area (Å²) in [6.45, 7) is 6.71. The van der Waals surface area contributed by atoms with Crippen LogP contribution >= 0.6 is 0 Å². The molecule has 2 aliphatic heterocycles. The monoisotopic (exact) mass is 445 g/mol. The number of hydrogen-bond donors (Lipinski definition) is 1. The molecule has 0 bridgehead atoms. The smallest absolute Gasteiger partial charge is 0.410 e. The highest BCUT2D eigenvalue weighted by molar-refractivity contribution is 5.70. The first-order valence-electron chi connectivity index (χ1n) is 10.7. The van der Waals surface area contributed by atoms with Crippen molar-refractivity contribution in [2.45, 2.75) is 64.1 Å². The largest absolute Gasteiger partial charge is 0.444 e. The number of piperidine rings is 2. The van der Waals surface area contributed by atoms with Gasteiger partial charge in [0, 0.05) is 26.2 Å². The molecule has 0 saturated carbocycles. The van der Waals surface area contributed by atoms with Gasteiger partial charge in [-0.25, -0.2) is 9.18 Å². The summed E-state index contributed by atoms with van der Waals surface area (Å²) in [5, 5.41) is 0.